The molecule has 0 saturated carbocycles. The van der Waals surface area contributed by atoms with Gasteiger partial charge >= 0.3 is 18.5 Å². The number of anilines is 1. The average molecular weight is 516 g/mol. The third-order valence-corrected chi connectivity index (χ3v) is 4.53. The van der Waals surface area contributed by atoms with Crippen molar-refractivity contribution in [2.45, 2.75) is 18.5 Å². The number of methoxy groups -OCH3 is 1. The van der Waals surface area contributed by atoms with Crippen molar-refractivity contribution in [1.82, 2.24) is 4.90 Å². The van der Waals surface area contributed by atoms with Crippen LogP contribution in [0.15, 0.2) is 42.5 Å². The van der Waals surface area contributed by atoms with Crippen molar-refractivity contribution < 1.29 is 53.8 Å². The van der Waals surface area contributed by atoms with Crippen molar-refractivity contribution in [2.24, 2.45) is 0 Å². The third-order valence-electron chi connectivity index (χ3n) is 4.53. The lowest BCUT2D eigenvalue weighted by atomic mass is 10.0. The first-order chi connectivity index (χ1) is 16.0. The van der Waals surface area contributed by atoms with E-state index in [0.717, 1.165) is 12.1 Å². The first-order valence-corrected chi connectivity index (χ1v) is 9.58. The van der Waals surface area contributed by atoms with Gasteiger partial charge < -0.3 is 15.0 Å². The van der Waals surface area contributed by atoms with Crippen LogP contribution in [0.1, 0.15) is 27.0 Å². The second-order valence-corrected chi connectivity index (χ2v) is 7.11. The molecule has 0 unspecified atom stereocenters. The largest absolute Gasteiger partial charge is 0.418 e. The quantitative estimate of drug-likeness (QED) is 0.497. The lowest BCUT2D eigenvalue weighted by molar-refractivity contribution is -0.143. The first-order valence-electron chi connectivity index (χ1n) is 9.58. The van der Waals surface area contributed by atoms with Crippen LogP contribution in [0.4, 0.5) is 45.2 Å². The van der Waals surface area contributed by atoms with Crippen molar-refractivity contribution in [1.29, 1.82) is 0 Å². The number of para-hydroxylation sites is 1. The highest BCUT2D eigenvalue weighted by Crippen LogP contribution is 2.37. The molecule has 0 saturated heterocycles. The van der Waals surface area contributed by atoms with Crippen LogP contribution in [0.3, 0.4) is 0 Å². The van der Waals surface area contributed by atoms with Gasteiger partial charge in [-0.2, -0.15) is 39.5 Å². The Hall–Kier alpha value is -3.29. The summed E-state index contributed by atoms with van der Waals surface area (Å²) in [6, 6.07) is 4.09. The van der Waals surface area contributed by atoms with Crippen LogP contribution in [0.5, 0.6) is 0 Å². The summed E-state index contributed by atoms with van der Waals surface area (Å²) in [7, 11) is 1.17. The summed E-state index contributed by atoms with van der Waals surface area (Å²) in [5.41, 5.74) is -6.36. The first kappa shape index (κ1) is 28.0. The summed E-state index contributed by atoms with van der Waals surface area (Å²) in [5, 5.41) is 1.95. The molecule has 14 heteroatoms. The molecule has 2 rings (SSSR count). The van der Waals surface area contributed by atoms with Gasteiger partial charge in [-0.25, -0.2) is 0 Å². The number of benzene rings is 2. The van der Waals surface area contributed by atoms with E-state index in [0.29, 0.717) is 11.0 Å². The minimum absolute atomic E-state index is 0.170. The maximum Gasteiger partial charge on any atom is 0.418 e. The van der Waals surface area contributed by atoms with Crippen molar-refractivity contribution in [3.05, 3.63) is 64.7 Å². The topological polar surface area (TPSA) is 58.6 Å². The van der Waals surface area contributed by atoms with Crippen molar-refractivity contribution in [3.8, 4) is 0 Å². The number of carbonyl (C=O) groups is 2. The molecule has 0 aromatic heterocycles. The standard InChI is InChI=1S/C21H17F9N2O3/c1-35-7-6-32(11-17(33)31-16-5-3-2-4-15(16)21(28,29)30)18(34)12-8-13(19(22,23)24)10-14(9-12)20(25,26)27/h2-5,8-10H,6-7,11H2,1H3,(H,31,33). The van der Waals surface area contributed by atoms with Crippen LogP contribution in [-0.2, 0) is 28.1 Å². The Kier molecular flexibility index (Phi) is 8.42. The molecule has 1 N–H and O–H groups in total. The highest BCUT2D eigenvalue weighted by molar-refractivity contribution is 6.00. The zero-order valence-electron chi connectivity index (χ0n) is 17.7. The number of carbonyl (C=O) groups excluding carboxylic acids is 2. The number of ether oxygens (including phenoxy) is 1. The lowest BCUT2D eigenvalue weighted by Gasteiger charge is -2.23. The monoisotopic (exact) mass is 516 g/mol. The zero-order valence-corrected chi connectivity index (χ0v) is 17.7. The molecule has 0 aliphatic carbocycles. The van der Waals surface area contributed by atoms with E-state index < -0.39 is 71.4 Å². The van der Waals surface area contributed by atoms with E-state index in [4.69, 9.17) is 4.74 Å². The number of amides is 2. The van der Waals surface area contributed by atoms with Gasteiger partial charge in [-0.1, -0.05) is 12.1 Å². The van der Waals surface area contributed by atoms with E-state index in [1.807, 2.05) is 5.32 Å². The molecule has 2 aromatic carbocycles. The Morgan fingerprint density at radius 1 is 0.857 bits per heavy atom. The highest BCUT2D eigenvalue weighted by Gasteiger charge is 2.38. The summed E-state index contributed by atoms with van der Waals surface area (Å²) < 4.78 is 123. The number of alkyl halides is 9. The molecule has 0 fully saturated rings. The van der Waals surface area contributed by atoms with Gasteiger partial charge in [-0.3, -0.25) is 9.59 Å². The highest BCUT2D eigenvalue weighted by atomic mass is 19.4. The number of hydrogen-bond donors (Lipinski definition) is 1. The number of hydrogen-bond acceptors (Lipinski definition) is 3. The molecule has 0 aliphatic rings. The normalized spacial score (nSPS) is 12.4. The van der Waals surface area contributed by atoms with Crippen LogP contribution < -0.4 is 5.32 Å². The van der Waals surface area contributed by atoms with E-state index in [-0.39, 0.29) is 24.8 Å². The predicted molar refractivity (Wildman–Crippen MR) is 104 cm³/mol. The third kappa shape index (κ3) is 7.60. The Morgan fingerprint density at radius 2 is 1.40 bits per heavy atom. The number of nitrogens with zero attached hydrogens (tertiary/aromatic N) is 1. The van der Waals surface area contributed by atoms with Gasteiger partial charge in [0.25, 0.3) is 5.91 Å². The summed E-state index contributed by atoms with van der Waals surface area (Å²) in [5.74, 6) is -2.56. The van der Waals surface area contributed by atoms with Crippen LogP contribution in [0, 0.1) is 0 Å². The van der Waals surface area contributed by atoms with Gasteiger partial charge in [-0.05, 0) is 30.3 Å². The van der Waals surface area contributed by atoms with Gasteiger partial charge in [0.05, 0.1) is 29.0 Å². The van der Waals surface area contributed by atoms with Crippen molar-refractivity contribution in [3.63, 3.8) is 0 Å². The van der Waals surface area contributed by atoms with Crippen LogP contribution in [0.2, 0.25) is 0 Å². The molecular formula is C21H17F9N2O3. The van der Waals surface area contributed by atoms with Crippen LogP contribution >= 0.6 is 0 Å². The molecule has 0 heterocycles. The van der Waals surface area contributed by atoms with Gasteiger partial charge in [0.15, 0.2) is 0 Å². The van der Waals surface area contributed by atoms with E-state index in [9.17, 15) is 49.1 Å². The fraction of sp³-hybridized carbons (Fsp3) is 0.333. The molecule has 35 heavy (non-hydrogen) atoms. The summed E-state index contributed by atoms with van der Waals surface area (Å²) in [6.45, 7) is -1.71. The van der Waals surface area contributed by atoms with E-state index in [1.54, 1.807) is 0 Å². The Bertz CT molecular complexity index is 1030. The van der Waals surface area contributed by atoms with Crippen LogP contribution in [0.25, 0.3) is 0 Å². The molecule has 2 amide bonds. The predicted octanol–water partition coefficient (Wildman–Crippen LogP) is 5.47. The van der Waals surface area contributed by atoms with Gasteiger partial charge in [0, 0.05) is 19.2 Å². The second-order valence-electron chi connectivity index (χ2n) is 7.11. The Balaban J connectivity index is 2.38. The van der Waals surface area contributed by atoms with Crippen molar-refractivity contribution in [2.75, 3.05) is 32.1 Å². The van der Waals surface area contributed by atoms with Gasteiger partial charge in [0.1, 0.15) is 6.54 Å². The van der Waals surface area contributed by atoms with Gasteiger partial charge in [-0.15, -0.1) is 0 Å². The molecular weight excluding hydrogens is 499 g/mol. The molecule has 0 spiro atoms. The molecule has 0 aliphatic heterocycles. The fourth-order valence-corrected chi connectivity index (χ4v) is 2.92. The van der Waals surface area contributed by atoms with E-state index >= 15 is 0 Å². The molecule has 5 nitrogen and oxygen atoms in total. The summed E-state index contributed by atoms with van der Waals surface area (Å²) >= 11 is 0. The summed E-state index contributed by atoms with van der Waals surface area (Å²) in [4.78, 5) is 25.7. The maximum absolute atomic E-state index is 13.1. The minimum atomic E-state index is -5.22. The van der Waals surface area contributed by atoms with E-state index in [1.165, 1.54) is 13.2 Å². The lowest BCUT2D eigenvalue weighted by Crippen LogP contribution is -2.40. The molecule has 0 atom stereocenters. The van der Waals surface area contributed by atoms with E-state index in [2.05, 4.69) is 0 Å². The maximum atomic E-state index is 13.1. The molecule has 0 radical (unpaired) electrons. The Morgan fingerprint density at radius 3 is 1.89 bits per heavy atom. The van der Waals surface area contributed by atoms with Crippen molar-refractivity contribution >= 4 is 17.5 Å². The van der Waals surface area contributed by atoms with Gasteiger partial charge in [0.2, 0.25) is 5.91 Å². The number of halogens is 9. The molecule has 192 valence electrons. The SMILES string of the molecule is COCCN(CC(=O)Nc1ccccc1C(F)(F)F)C(=O)c1cc(C(F)(F)F)cc(C(F)(F)F)c1. The average Bonchev–Trinajstić information content (AvgIpc) is 2.74. The second kappa shape index (κ2) is 10.5. The Labute approximate surface area is 192 Å². The number of nitrogens with one attached hydrogen (secondary N) is 1. The molecule has 0 bridgehead atoms. The molecule has 2 aromatic rings. The smallest absolute Gasteiger partial charge is 0.383 e. The fourth-order valence-electron chi connectivity index (χ4n) is 2.92. The zero-order chi connectivity index (χ0) is 26.6. The summed E-state index contributed by atoms with van der Waals surface area (Å²) in [6.07, 6.45) is -15.3. The van der Waals surface area contributed by atoms with Crippen LogP contribution in [-0.4, -0.2) is 43.5 Å². The number of rotatable bonds is 7. The minimum Gasteiger partial charge on any atom is -0.383 e.